The van der Waals surface area contributed by atoms with E-state index in [1.54, 1.807) is 29.2 Å². The van der Waals surface area contributed by atoms with Crippen LogP contribution in [0.5, 0.6) is 0 Å². The fraction of sp³-hybridized carbons (Fsp3) is 0.360. The Labute approximate surface area is 181 Å². The van der Waals surface area contributed by atoms with Crippen molar-refractivity contribution >= 4 is 5.91 Å². The van der Waals surface area contributed by atoms with Crippen molar-refractivity contribution in [3.05, 3.63) is 82.4 Å². The molecule has 3 heterocycles. The van der Waals surface area contributed by atoms with Crippen LogP contribution in [0.3, 0.4) is 0 Å². The number of likely N-dealkylation sites (tertiary alicyclic amines) is 1. The summed E-state index contributed by atoms with van der Waals surface area (Å²) in [5.41, 5.74) is 3.70. The molecular formula is C25H26N4O2. The zero-order chi connectivity index (χ0) is 21.2. The highest BCUT2D eigenvalue weighted by Gasteiger charge is 2.30. The quantitative estimate of drug-likeness (QED) is 0.638. The molecule has 1 aromatic carbocycles. The van der Waals surface area contributed by atoms with E-state index in [4.69, 9.17) is 0 Å². The minimum atomic E-state index is -0.0883. The van der Waals surface area contributed by atoms with Gasteiger partial charge in [-0.05, 0) is 67.3 Å². The average molecular weight is 415 g/mol. The van der Waals surface area contributed by atoms with E-state index in [-0.39, 0.29) is 11.5 Å². The van der Waals surface area contributed by atoms with Crippen LogP contribution in [0, 0.1) is 5.92 Å². The summed E-state index contributed by atoms with van der Waals surface area (Å²) < 4.78 is 1.57. The summed E-state index contributed by atoms with van der Waals surface area (Å²) in [6.45, 7) is 2.03. The molecule has 6 nitrogen and oxygen atoms in total. The third-order valence-electron chi connectivity index (χ3n) is 6.38. The number of aromatic nitrogens is 3. The van der Waals surface area contributed by atoms with Crippen molar-refractivity contribution in [1.29, 1.82) is 0 Å². The Hall–Kier alpha value is -3.28. The number of hydrogen-bond acceptors (Lipinski definition) is 4. The maximum absolute atomic E-state index is 13.1. The lowest BCUT2D eigenvalue weighted by molar-refractivity contribution is 0.0679. The highest BCUT2D eigenvalue weighted by molar-refractivity contribution is 5.96. The van der Waals surface area contributed by atoms with Crippen LogP contribution in [-0.4, -0.2) is 38.7 Å². The van der Waals surface area contributed by atoms with Crippen LogP contribution < -0.4 is 5.56 Å². The standard InChI is InChI=1S/C25H26N4O2/c30-24-8-7-23(20-9-13-26-14-10-20)27-29(24)17-18-11-15-28(16-12-18)25(31)22-4-2-1-3-21(22)19-5-6-19/h1-4,7-10,13-14,18-19H,5-6,11-12,15-17H2. The topological polar surface area (TPSA) is 68.1 Å². The Morgan fingerprint density at radius 2 is 1.68 bits per heavy atom. The smallest absolute Gasteiger partial charge is 0.266 e. The Morgan fingerprint density at radius 1 is 0.935 bits per heavy atom. The molecule has 0 N–H and O–H groups in total. The van der Waals surface area contributed by atoms with Gasteiger partial charge in [-0.3, -0.25) is 14.6 Å². The summed E-state index contributed by atoms with van der Waals surface area (Å²) in [7, 11) is 0. The number of benzene rings is 1. The molecule has 1 aliphatic carbocycles. The van der Waals surface area contributed by atoms with Crippen molar-refractivity contribution in [2.75, 3.05) is 13.1 Å². The van der Waals surface area contributed by atoms with Crippen LogP contribution in [0.2, 0.25) is 0 Å². The molecule has 6 heteroatoms. The first-order valence-electron chi connectivity index (χ1n) is 11.1. The predicted octanol–water partition coefficient (Wildman–Crippen LogP) is 3.74. The SMILES string of the molecule is O=C(c1ccccc1C1CC1)N1CCC(Cn2nc(-c3ccncc3)ccc2=O)CC1. The number of carbonyl (C=O) groups excluding carboxylic acids is 1. The molecule has 1 aliphatic heterocycles. The van der Waals surface area contributed by atoms with Crippen LogP contribution in [-0.2, 0) is 6.54 Å². The molecule has 0 bridgehead atoms. The highest BCUT2D eigenvalue weighted by atomic mass is 16.2. The molecular weight excluding hydrogens is 388 g/mol. The molecule has 2 aromatic heterocycles. The number of hydrogen-bond donors (Lipinski definition) is 0. The number of rotatable bonds is 5. The third kappa shape index (κ3) is 4.29. The molecule has 5 rings (SSSR count). The maximum Gasteiger partial charge on any atom is 0.266 e. The molecule has 0 radical (unpaired) electrons. The molecule has 0 unspecified atom stereocenters. The Bertz CT molecular complexity index is 1130. The normalized spacial score (nSPS) is 17.0. The second kappa shape index (κ2) is 8.46. The van der Waals surface area contributed by atoms with Crippen LogP contribution in [0.1, 0.15) is 47.5 Å². The minimum Gasteiger partial charge on any atom is -0.339 e. The Kier molecular flexibility index (Phi) is 5.37. The van der Waals surface area contributed by atoms with Crippen molar-refractivity contribution in [1.82, 2.24) is 19.7 Å². The van der Waals surface area contributed by atoms with Crippen molar-refractivity contribution in [2.24, 2.45) is 5.92 Å². The van der Waals surface area contributed by atoms with Gasteiger partial charge in [-0.15, -0.1) is 0 Å². The first kappa shape index (κ1) is 19.7. The lowest BCUT2D eigenvalue weighted by Crippen LogP contribution is -2.40. The fourth-order valence-electron chi connectivity index (χ4n) is 4.43. The minimum absolute atomic E-state index is 0.0883. The van der Waals surface area contributed by atoms with Gasteiger partial charge in [0.1, 0.15) is 0 Å². The number of carbonyl (C=O) groups is 1. The Balaban J connectivity index is 1.25. The summed E-state index contributed by atoms with van der Waals surface area (Å²) in [5.74, 6) is 1.04. The molecule has 2 fully saturated rings. The first-order chi connectivity index (χ1) is 15.2. The zero-order valence-electron chi connectivity index (χ0n) is 17.5. The van der Waals surface area contributed by atoms with Crippen molar-refractivity contribution < 1.29 is 4.79 Å². The summed E-state index contributed by atoms with van der Waals surface area (Å²) >= 11 is 0. The van der Waals surface area contributed by atoms with Crippen molar-refractivity contribution in [2.45, 2.75) is 38.1 Å². The van der Waals surface area contributed by atoms with Gasteiger partial charge in [0, 0.05) is 49.2 Å². The lowest BCUT2D eigenvalue weighted by Gasteiger charge is -2.32. The average Bonchev–Trinajstić information content (AvgIpc) is 3.67. The summed E-state index contributed by atoms with van der Waals surface area (Å²) in [6.07, 6.45) is 7.58. The molecule has 158 valence electrons. The van der Waals surface area contributed by atoms with Gasteiger partial charge < -0.3 is 4.90 Å². The zero-order valence-corrected chi connectivity index (χ0v) is 17.5. The third-order valence-corrected chi connectivity index (χ3v) is 6.38. The second-order valence-electron chi connectivity index (χ2n) is 8.57. The summed E-state index contributed by atoms with van der Waals surface area (Å²) in [5, 5.41) is 4.57. The van der Waals surface area contributed by atoms with E-state index in [1.807, 2.05) is 35.2 Å². The van der Waals surface area contributed by atoms with E-state index in [1.165, 1.54) is 18.4 Å². The molecule has 1 amide bonds. The van der Waals surface area contributed by atoms with Crippen LogP contribution in [0.25, 0.3) is 11.3 Å². The van der Waals surface area contributed by atoms with E-state index >= 15 is 0 Å². The van der Waals surface area contributed by atoms with Crippen LogP contribution in [0.4, 0.5) is 0 Å². The summed E-state index contributed by atoms with van der Waals surface area (Å²) in [4.78, 5) is 31.5. The van der Waals surface area contributed by atoms with E-state index in [0.717, 1.165) is 42.8 Å². The van der Waals surface area contributed by atoms with Crippen molar-refractivity contribution in [3.63, 3.8) is 0 Å². The van der Waals surface area contributed by atoms with E-state index in [0.29, 0.717) is 18.4 Å². The number of piperidine rings is 1. The molecule has 31 heavy (non-hydrogen) atoms. The van der Waals surface area contributed by atoms with Crippen LogP contribution in [0.15, 0.2) is 65.7 Å². The molecule has 1 saturated heterocycles. The molecule has 0 atom stereocenters. The molecule has 2 aliphatic rings. The van der Waals surface area contributed by atoms with Gasteiger partial charge in [0.25, 0.3) is 11.5 Å². The number of nitrogens with zero attached hydrogens (tertiary/aromatic N) is 4. The fourth-order valence-corrected chi connectivity index (χ4v) is 4.43. The van der Waals surface area contributed by atoms with E-state index in [9.17, 15) is 9.59 Å². The number of amides is 1. The monoisotopic (exact) mass is 414 g/mol. The van der Waals surface area contributed by atoms with Gasteiger partial charge in [-0.2, -0.15) is 5.10 Å². The number of pyridine rings is 1. The van der Waals surface area contributed by atoms with Gasteiger partial charge in [0.2, 0.25) is 0 Å². The maximum atomic E-state index is 13.1. The van der Waals surface area contributed by atoms with Gasteiger partial charge in [-0.1, -0.05) is 18.2 Å². The van der Waals surface area contributed by atoms with Crippen LogP contribution >= 0.6 is 0 Å². The first-order valence-corrected chi connectivity index (χ1v) is 11.1. The van der Waals surface area contributed by atoms with E-state index in [2.05, 4.69) is 16.1 Å². The molecule has 1 saturated carbocycles. The Morgan fingerprint density at radius 3 is 2.42 bits per heavy atom. The molecule has 3 aromatic rings. The second-order valence-corrected chi connectivity index (χ2v) is 8.57. The summed E-state index contributed by atoms with van der Waals surface area (Å²) in [6, 6.07) is 15.2. The van der Waals surface area contributed by atoms with Gasteiger partial charge >= 0.3 is 0 Å². The lowest BCUT2D eigenvalue weighted by atomic mass is 9.95. The van der Waals surface area contributed by atoms with Gasteiger partial charge in [0.15, 0.2) is 0 Å². The van der Waals surface area contributed by atoms with E-state index < -0.39 is 0 Å². The largest absolute Gasteiger partial charge is 0.339 e. The van der Waals surface area contributed by atoms with Gasteiger partial charge in [-0.25, -0.2) is 4.68 Å². The highest BCUT2D eigenvalue weighted by Crippen LogP contribution is 2.42. The van der Waals surface area contributed by atoms with Crippen molar-refractivity contribution in [3.8, 4) is 11.3 Å². The predicted molar refractivity (Wildman–Crippen MR) is 119 cm³/mol. The van der Waals surface area contributed by atoms with Gasteiger partial charge in [0.05, 0.1) is 5.69 Å². The molecule has 0 spiro atoms.